The van der Waals surface area contributed by atoms with Crippen molar-refractivity contribution in [2.45, 2.75) is 13.5 Å². The molecule has 2 aromatic rings. The van der Waals surface area contributed by atoms with E-state index in [-0.39, 0.29) is 5.91 Å². The molecule has 3 rings (SSSR count). The Labute approximate surface area is 145 Å². The molecule has 1 aromatic heterocycles. The van der Waals surface area contributed by atoms with Gasteiger partial charge in [-0.3, -0.25) is 4.79 Å². The lowest BCUT2D eigenvalue weighted by Gasteiger charge is -2.21. The first-order chi connectivity index (χ1) is 12.1. The second-order valence-electron chi connectivity index (χ2n) is 5.70. The minimum Gasteiger partial charge on any atom is -0.493 e. The van der Waals surface area contributed by atoms with Crippen LogP contribution in [0.3, 0.4) is 0 Å². The number of benzene rings is 1. The lowest BCUT2D eigenvalue weighted by atomic mass is 10.1. The van der Waals surface area contributed by atoms with Gasteiger partial charge in [-0.1, -0.05) is 5.16 Å². The minimum atomic E-state index is -0.144. The molecule has 0 atom stereocenters. The molecular formula is C18H20N2O5. The van der Waals surface area contributed by atoms with Gasteiger partial charge in [-0.25, -0.2) is 0 Å². The number of aryl methyl sites for hydroxylation is 1. The number of likely N-dealkylation sites (N-methyl/N-ethyl adjacent to an activating group) is 1. The molecular weight excluding hydrogens is 324 g/mol. The zero-order valence-corrected chi connectivity index (χ0v) is 14.4. The van der Waals surface area contributed by atoms with Crippen molar-refractivity contribution in [3.63, 3.8) is 0 Å². The van der Waals surface area contributed by atoms with Crippen LogP contribution in [0, 0.1) is 6.92 Å². The van der Waals surface area contributed by atoms with E-state index >= 15 is 0 Å². The van der Waals surface area contributed by atoms with E-state index in [1.54, 1.807) is 37.3 Å². The predicted molar refractivity (Wildman–Crippen MR) is 90.7 cm³/mol. The van der Waals surface area contributed by atoms with E-state index in [0.29, 0.717) is 42.7 Å². The second kappa shape index (κ2) is 7.29. The Balaban J connectivity index is 1.71. The van der Waals surface area contributed by atoms with Gasteiger partial charge < -0.3 is 23.6 Å². The van der Waals surface area contributed by atoms with Crippen molar-refractivity contribution < 1.29 is 23.5 Å². The average Bonchev–Trinajstić information content (AvgIpc) is 3.03. The molecule has 25 heavy (non-hydrogen) atoms. The highest BCUT2D eigenvalue weighted by Crippen LogP contribution is 2.40. The molecule has 1 amide bonds. The zero-order valence-electron chi connectivity index (χ0n) is 14.4. The van der Waals surface area contributed by atoms with E-state index in [1.807, 2.05) is 13.0 Å². The van der Waals surface area contributed by atoms with Crippen molar-refractivity contribution in [1.82, 2.24) is 10.1 Å². The summed E-state index contributed by atoms with van der Waals surface area (Å²) in [6.45, 7) is 3.17. The zero-order chi connectivity index (χ0) is 17.8. The molecule has 7 nitrogen and oxygen atoms in total. The Morgan fingerprint density at radius 2 is 2.12 bits per heavy atom. The third kappa shape index (κ3) is 3.93. The second-order valence-corrected chi connectivity index (χ2v) is 5.70. The standard InChI is InChI=1S/C18H20N2O5/c1-12-8-14(19-25-12)11-20(2)17(21)5-4-13-9-15(22-3)18-16(10-13)23-6-7-24-18/h4-5,8-10H,6-7,11H2,1-3H3. The van der Waals surface area contributed by atoms with Crippen LogP contribution in [-0.2, 0) is 11.3 Å². The molecule has 2 heterocycles. The summed E-state index contributed by atoms with van der Waals surface area (Å²) in [7, 11) is 3.28. The Bertz CT molecular complexity index is 780. The summed E-state index contributed by atoms with van der Waals surface area (Å²) in [6.07, 6.45) is 3.21. The first kappa shape index (κ1) is 16.9. The number of nitrogens with zero attached hydrogens (tertiary/aromatic N) is 2. The number of hydrogen-bond donors (Lipinski definition) is 0. The minimum absolute atomic E-state index is 0.144. The van der Waals surface area contributed by atoms with Crippen molar-refractivity contribution in [2.24, 2.45) is 0 Å². The molecule has 0 aliphatic carbocycles. The first-order valence-corrected chi connectivity index (χ1v) is 7.90. The van der Waals surface area contributed by atoms with Crippen LogP contribution in [-0.4, -0.2) is 43.3 Å². The van der Waals surface area contributed by atoms with Crippen molar-refractivity contribution in [3.8, 4) is 17.2 Å². The van der Waals surface area contributed by atoms with Crippen LogP contribution in [0.4, 0.5) is 0 Å². The Morgan fingerprint density at radius 1 is 1.32 bits per heavy atom. The third-order valence-electron chi connectivity index (χ3n) is 3.72. The quantitative estimate of drug-likeness (QED) is 0.776. The van der Waals surface area contributed by atoms with Crippen LogP contribution in [0.5, 0.6) is 17.2 Å². The van der Waals surface area contributed by atoms with E-state index in [4.69, 9.17) is 18.7 Å². The normalized spacial score (nSPS) is 13.1. The van der Waals surface area contributed by atoms with E-state index in [0.717, 1.165) is 11.3 Å². The highest BCUT2D eigenvalue weighted by Gasteiger charge is 2.18. The fourth-order valence-electron chi connectivity index (χ4n) is 2.50. The fraction of sp³-hybridized carbons (Fsp3) is 0.333. The van der Waals surface area contributed by atoms with Gasteiger partial charge in [0.15, 0.2) is 11.5 Å². The summed E-state index contributed by atoms with van der Waals surface area (Å²) in [6, 6.07) is 5.43. The van der Waals surface area contributed by atoms with E-state index in [9.17, 15) is 4.79 Å². The molecule has 0 spiro atoms. The van der Waals surface area contributed by atoms with Gasteiger partial charge in [0.1, 0.15) is 24.7 Å². The maximum atomic E-state index is 12.3. The number of rotatable bonds is 5. The van der Waals surface area contributed by atoms with Crippen LogP contribution in [0.2, 0.25) is 0 Å². The largest absolute Gasteiger partial charge is 0.493 e. The van der Waals surface area contributed by atoms with Gasteiger partial charge in [-0.05, 0) is 30.7 Å². The number of amides is 1. The molecule has 0 bridgehead atoms. The smallest absolute Gasteiger partial charge is 0.246 e. The monoisotopic (exact) mass is 344 g/mol. The molecule has 0 saturated carbocycles. The number of ether oxygens (including phenoxy) is 3. The topological polar surface area (TPSA) is 74.0 Å². The third-order valence-corrected chi connectivity index (χ3v) is 3.72. The van der Waals surface area contributed by atoms with Gasteiger partial charge in [-0.2, -0.15) is 0 Å². The van der Waals surface area contributed by atoms with Crippen LogP contribution >= 0.6 is 0 Å². The first-order valence-electron chi connectivity index (χ1n) is 7.90. The number of fused-ring (bicyclic) bond motifs is 1. The Hall–Kier alpha value is -2.96. The molecule has 0 fully saturated rings. The van der Waals surface area contributed by atoms with E-state index < -0.39 is 0 Å². The number of carbonyl (C=O) groups excluding carboxylic acids is 1. The average molecular weight is 344 g/mol. The lowest BCUT2D eigenvalue weighted by molar-refractivity contribution is -0.125. The van der Waals surface area contributed by atoms with Crippen LogP contribution < -0.4 is 14.2 Å². The molecule has 0 saturated heterocycles. The summed E-state index contributed by atoms with van der Waals surface area (Å²) >= 11 is 0. The van der Waals surface area contributed by atoms with Gasteiger partial charge in [0.2, 0.25) is 11.7 Å². The summed E-state index contributed by atoms with van der Waals surface area (Å²) in [4.78, 5) is 13.8. The van der Waals surface area contributed by atoms with Crippen LogP contribution in [0.25, 0.3) is 6.08 Å². The van der Waals surface area contributed by atoms with Gasteiger partial charge in [-0.15, -0.1) is 0 Å². The van der Waals surface area contributed by atoms with Gasteiger partial charge in [0.25, 0.3) is 0 Å². The van der Waals surface area contributed by atoms with Gasteiger partial charge in [0, 0.05) is 19.2 Å². The van der Waals surface area contributed by atoms with E-state index in [1.165, 1.54) is 6.08 Å². The SMILES string of the molecule is COc1cc(C=CC(=O)N(C)Cc2cc(C)on2)cc2c1OCCO2. The molecule has 0 unspecified atom stereocenters. The van der Waals surface area contributed by atoms with E-state index in [2.05, 4.69) is 5.16 Å². The number of hydrogen-bond acceptors (Lipinski definition) is 6. The maximum absolute atomic E-state index is 12.3. The van der Waals surface area contributed by atoms with Crippen molar-refractivity contribution >= 4 is 12.0 Å². The van der Waals surface area contributed by atoms with Crippen LogP contribution in [0.15, 0.2) is 28.8 Å². The highest BCUT2D eigenvalue weighted by molar-refractivity contribution is 5.91. The lowest BCUT2D eigenvalue weighted by Crippen LogP contribution is -2.24. The molecule has 0 N–H and O–H groups in total. The Morgan fingerprint density at radius 3 is 2.84 bits per heavy atom. The molecule has 132 valence electrons. The maximum Gasteiger partial charge on any atom is 0.246 e. The summed E-state index contributed by atoms with van der Waals surface area (Å²) < 4.78 is 21.5. The molecule has 7 heteroatoms. The molecule has 1 aliphatic heterocycles. The van der Waals surface area contributed by atoms with Crippen molar-refractivity contribution in [3.05, 3.63) is 41.3 Å². The molecule has 1 aromatic carbocycles. The number of aromatic nitrogens is 1. The molecule has 0 radical (unpaired) electrons. The fourth-order valence-corrected chi connectivity index (χ4v) is 2.50. The highest BCUT2D eigenvalue weighted by atomic mass is 16.6. The van der Waals surface area contributed by atoms with Crippen molar-refractivity contribution in [1.29, 1.82) is 0 Å². The summed E-state index contributed by atoms with van der Waals surface area (Å²) in [5.41, 5.74) is 1.50. The summed E-state index contributed by atoms with van der Waals surface area (Å²) in [5.74, 6) is 2.36. The van der Waals surface area contributed by atoms with Crippen molar-refractivity contribution in [2.75, 3.05) is 27.4 Å². The number of methoxy groups -OCH3 is 1. The Kier molecular flexibility index (Phi) is 4.92. The predicted octanol–water partition coefficient (Wildman–Crippen LogP) is 2.43. The van der Waals surface area contributed by atoms with Gasteiger partial charge in [0.05, 0.1) is 13.7 Å². The van der Waals surface area contributed by atoms with Gasteiger partial charge >= 0.3 is 0 Å². The van der Waals surface area contributed by atoms with Crippen LogP contribution in [0.1, 0.15) is 17.0 Å². The molecule has 1 aliphatic rings. The number of carbonyl (C=O) groups is 1. The summed E-state index contributed by atoms with van der Waals surface area (Å²) in [5, 5.41) is 3.89.